The van der Waals surface area contributed by atoms with E-state index in [1.165, 1.54) is 6.42 Å². The lowest BCUT2D eigenvalue weighted by Crippen LogP contribution is -2.21. The van der Waals surface area contributed by atoms with Gasteiger partial charge in [0.2, 0.25) is 0 Å². The van der Waals surface area contributed by atoms with Gasteiger partial charge in [-0.15, -0.1) is 11.6 Å². The van der Waals surface area contributed by atoms with E-state index in [9.17, 15) is 0 Å². The fourth-order valence-corrected chi connectivity index (χ4v) is 1.69. The van der Waals surface area contributed by atoms with Crippen molar-refractivity contribution in [1.29, 1.82) is 0 Å². The molecule has 0 spiro atoms. The van der Waals surface area contributed by atoms with Crippen molar-refractivity contribution < 1.29 is 0 Å². The fraction of sp³-hybridized carbons (Fsp3) is 0.636. The molecule has 0 amide bonds. The number of anilines is 1. The van der Waals surface area contributed by atoms with Crippen LogP contribution in [0, 0.1) is 6.92 Å². The lowest BCUT2D eigenvalue weighted by Gasteiger charge is -2.18. The Morgan fingerprint density at radius 3 is 2.60 bits per heavy atom. The van der Waals surface area contributed by atoms with Gasteiger partial charge in [0.15, 0.2) is 0 Å². The zero-order valence-corrected chi connectivity index (χ0v) is 10.2. The molecule has 4 heteroatoms. The Morgan fingerprint density at radius 2 is 1.93 bits per heavy atom. The van der Waals surface area contributed by atoms with Crippen LogP contribution in [0.5, 0.6) is 0 Å². The van der Waals surface area contributed by atoms with Gasteiger partial charge in [0.05, 0.1) is 5.69 Å². The second-order valence-corrected chi connectivity index (χ2v) is 4.01. The molecule has 0 fully saturated rings. The lowest BCUT2D eigenvalue weighted by atomic mass is 10.2. The summed E-state index contributed by atoms with van der Waals surface area (Å²) in [7, 11) is 2.05. The highest BCUT2D eigenvalue weighted by atomic mass is 35.5. The molecular formula is C11H18ClN3. The number of alkyl halides is 1. The van der Waals surface area contributed by atoms with Gasteiger partial charge in [-0.05, 0) is 19.8 Å². The molecule has 1 aromatic rings. The molecule has 0 atom stereocenters. The number of hydrogen-bond acceptors (Lipinski definition) is 3. The summed E-state index contributed by atoms with van der Waals surface area (Å²) in [6.07, 6.45) is 6.87. The van der Waals surface area contributed by atoms with Crippen molar-refractivity contribution in [3.8, 4) is 0 Å². The maximum atomic E-state index is 5.62. The van der Waals surface area contributed by atoms with Crippen LogP contribution in [-0.2, 0) is 0 Å². The molecule has 0 bridgehead atoms. The first-order valence-corrected chi connectivity index (χ1v) is 5.84. The summed E-state index contributed by atoms with van der Waals surface area (Å²) in [5, 5.41) is 0. The van der Waals surface area contributed by atoms with Gasteiger partial charge in [-0.25, -0.2) is 4.98 Å². The Bertz CT molecular complexity index is 291. The second-order valence-electron chi connectivity index (χ2n) is 3.64. The van der Waals surface area contributed by atoms with Crippen molar-refractivity contribution in [3.05, 3.63) is 18.1 Å². The number of hydrogen-bond donors (Lipinski definition) is 0. The highest BCUT2D eigenvalue weighted by Gasteiger charge is 2.05. The van der Waals surface area contributed by atoms with Gasteiger partial charge in [-0.3, -0.25) is 4.98 Å². The molecule has 0 N–H and O–H groups in total. The zero-order valence-electron chi connectivity index (χ0n) is 9.41. The summed E-state index contributed by atoms with van der Waals surface area (Å²) in [6.45, 7) is 2.99. The van der Waals surface area contributed by atoms with Gasteiger partial charge >= 0.3 is 0 Å². The largest absolute Gasteiger partial charge is 0.358 e. The average Bonchev–Trinajstić information content (AvgIpc) is 2.25. The SMILES string of the molecule is Cc1nccnc1N(C)CCCCCCl. The first-order chi connectivity index (χ1) is 7.25. The average molecular weight is 228 g/mol. The van der Waals surface area contributed by atoms with E-state index >= 15 is 0 Å². The molecule has 1 aromatic heterocycles. The summed E-state index contributed by atoms with van der Waals surface area (Å²) in [5.74, 6) is 1.73. The standard InChI is InChI=1S/C11H18ClN3/c1-10-11(14-8-7-13-10)15(2)9-5-3-4-6-12/h7-8H,3-6,9H2,1-2H3. The minimum absolute atomic E-state index is 0.758. The summed E-state index contributed by atoms with van der Waals surface area (Å²) >= 11 is 5.62. The zero-order chi connectivity index (χ0) is 11.1. The van der Waals surface area contributed by atoms with E-state index < -0.39 is 0 Å². The molecule has 0 saturated carbocycles. The first kappa shape index (κ1) is 12.2. The van der Waals surface area contributed by atoms with Crippen LogP contribution < -0.4 is 4.90 Å². The highest BCUT2D eigenvalue weighted by molar-refractivity contribution is 6.17. The third-order valence-electron chi connectivity index (χ3n) is 2.34. The second kappa shape index (κ2) is 6.62. The van der Waals surface area contributed by atoms with Crippen LogP contribution in [-0.4, -0.2) is 29.4 Å². The molecule has 15 heavy (non-hydrogen) atoms. The minimum Gasteiger partial charge on any atom is -0.358 e. The quantitative estimate of drug-likeness (QED) is 0.553. The molecule has 3 nitrogen and oxygen atoms in total. The summed E-state index contributed by atoms with van der Waals surface area (Å²) in [4.78, 5) is 10.7. The van der Waals surface area contributed by atoms with E-state index in [0.29, 0.717) is 0 Å². The minimum atomic E-state index is 0.758. The monoisotopic (exact) mass is 227 g/mol. The predicted octanol–water partition coefficient (Wildman–Crippen LogP) is 2.63. The third-order valence-corrected chi connectivity index (χ3v) is 2.61. The molecule has 0 aliphatic carbocycles. The maximum absolute atomic E-state index is 5.62. The molecule has 1 heterocycles. The summed E-state index contributed by atoms with van der Waals surface area (Å²) < 4.78 is 0. The normalized spacial score (nSPS) is 10.3. The van der Waals surface area contributed by atoms with Crippen molar-refractivity contribution in [2.75, 3.05) is 24.4 Å². The Morgan fingerprint density at radius 1 is 1.20 bits per heavy atom. The highest BCUT2D eigenvalue weighted by Crippen LogP contribution is 2.12. The molecule has 0 saturated heterocycles. The van der Waals surface area contributed by atoms with Gasteiger partial charge in [-0.2, -0.15) is 0 Å². The lowest BCUT2D eigenvalue weighted by molar-refractivity contribution is 0.701. The van der Waals surface area contributed by atoms with Crippen LogP contribution in [0.2, 0.25) is 0 Å². The summed E-state index contributed by atoms with van der Waals surface area (Å²) in [5.41, 5.74) is 0.984. The number of halogens is 1. The van der Waals surface area contributed by atoms with E-state index in [1.807, 2.05) is 6.92 Å². The van der Waals surface area contributed by atoms with Crippen LogP contribution in [0.25, 0.3) is 0 Å². The maximum Gasteiger partial charge on any atom is 0.149 e. The van der Waals surface area contributed by atoms with Crippen molar-refractivity contribution in [2.45, 2.75) is 26.2 Å². The van der Waals surface area contributed by atoms with E-state index in [4.69, 9.17) is 11.6 Å². The van der Waals surface area contributed by atoms with Crippen LogP contribution in [0.15, 0.2) is 12.4 Å². The van der Waals surface area contributed by atoms with Gasteiger partial charge in [0.1, 0.15) is 5.82 Å². The smallest absolute Gasteiger partial charge is 0.149 e. The van der Waals surface area contributed by atoms with Crippen LogP contribution in [0.4, 0.5) is 5.82 Å². The number of aryl methyl sites for hydroxylation is 1. The molecule has 0 aromatic carbocycles. The van der Waals surface area contributed by atoms with E-state index in [-0.39, 0.29) is 0 Å². The van der Waals surface area contributed by atoms with Gasteiger partial charge in [0.25, 0.3) is 0 Å². The molecular weight excluding hydrogens is 210 g/mol. The van der Waals surface area contributed by atoms with E-state index in [2.05, 4.69) is 21.9 Å². The van der Waals surface area contributed by atoms with Crippen molar-refractivity contribution in [3.63, 3.8) is 0 Å². The van der Waals surface area contributed by atoms with Crippen molar-refractivity contribution in [2.24, 2.45) is 0 Å². The van der Waals surface area contributed by atoms with Gasteiger partial charge in [0, 0.05) is 31.9 Å². The third kappa shape index (κ3) is 4.04. The van der Waals surface area contributed by atoms with E-state index in [0.717, 1.165) is 36.8 Å². The Hall–Kier alpha value is -0.830. The van der Waals surface area contributed by atoms with Crippen LogP contribution in [0.1, 0.15) is 25.0 Å². The number of nitrogens with zero attached hydrogens (tertiary/aromatic N) is 3. The van der Waals surface area contributed by atoms with Crippen molar-refractivity contribution >= 4 is 17.4 Å². The fourth-order valence-electron chi connectivity index (χ4n) is 1.50. The molecule has 0 radical (unpaired) electrons. The van der Waals surface area contributed by atoms with E-state index in [1.54, 1.807) is 12.4 Å². The van der Waals surface area contributed by atoms with Crippen LogP contribution >= 0.6 is 11.6 Å². The number of rotatable bonds is 6. The Kier molecular flexibility index (Phi) is 5.40. The predicted molar refractivity (Wildman–Crippen MR) is 64.6 cm³/mol. The van der Waals surface area contributed by atoms with Gasteiger partial charge in [-0.1, -0.05) is 6.42 Å². The summed E-state index contributed by atoms with van der Waals surface area (Å²) in [6, 6.07) is 0. The molecule has 0 aliphatic rings. The Balaban J connectivity index is 2.40. The van der Waals surface area contributed by atoms with Gasteiger partial charge < -0.3 is 4.90 Å². The number of aromatic nitrogens is 2. The van der Waals surface area contributed by atoms with Crippen molar-refractivity contribution in [1.82, 2.24) is 9.97 Å². The molecule has 84 valence electrons. The van der Waals surface area contributed by atoms with Crippen LogP contribution in [0.3, 0.4) is 0 Å². The number of unbranched alkanes of at least 4 members (excludes halogenated alkanes) is 2. The molecule has 0 aliphatic heterocycles. The molecule has 0 unspecified atom stereocenters. The topological polar surface area (TPSA) is 29.0 Å². The molecule has 1 rings (SSSR count). The first-order valence-electron chi connectivity index (χ1n) is 5.30. The Labute approximate surface area is 96.5 Å².